The molecule has 8 nitrogen and oxygen atoms in total. The van der Waals surface area contributed by atoms with Crippen molar-refractivity contribution in [1.82, 2.24) is 14.9 Å². The van der Waals surface area contributed by atoms with E-state index in [0.717, 1.165) is 37.3 Å². The second kappa shape index (κ2) is 9.90. The first-order chi connectivity index (χ1) is 18.5. The number of H-pyrrole nitrogens is 1. The molecule has 1 aromatic heterocycles. The van der Waals surface area contributed by atoms with Gasteiger partial charge in [-0.1, -0.05) is 30.3 Å². The van der Waals surface area contributed by atoms with E-state index in [9.17, 15) is 9.59 Å². The van der Waals surface area contributed by atoms with E-state index in [2.05, 4.69) is 26.8 Å². The monoisotopic (exact) mass is 513 g/mol. The number of amides is 1. The molecule has 1 N–H and O–H groups in total. The molecule has 2 aliphatic heterocycles. The maximum absolute atomic E-state index is 16.0. The quantitative estimate of drug-likeness (QED) is 0.306. The molecule has 0 aliphatic carbocycles. The fraction of sp³-hybridized carbons (Fsp3) is 0.276. The standard InChI is InChI=1S/C29H28FN5O3/c1-33-9-11-34(12-10-33)21-13-22(29(37)38-17-19-5-3-2-4-6-19)28(23(30)14-21)26-16-27(36)35(26)20-7-8-24-25(15-20)32-18-31-24/h2-8,13-15,18,26H,9-12,16-17H2,1H3,(H,31,32). The average Bonchev–Trinajstić information content (AvgIpc) is 3.39. The van der Waals surface area contributed by atoms with Gasteiger partial charge >= 0.3 is 5.97 Å². The molecule has 3 heterocycles. The minimum atomic E-state index is -0.625. The molecule has 0 bridgehead atoms. The zero-order valence-electron chi connectivity index (χ0n) is 21.1. The molecular weight excluding hydrogens is 485 g/mol. The number of hydrogen-bond donors (Lipinski definition) is 1. The molecule has 1 atom stereocenters. The van der Waals surface area contributed by atoms with Gasteiger partial charge in [-0.15, -0.1) is 0 Å². The van der Waals surface area contributed by atoms with E-state index < -0.39 is 17.8 Å². The van der Waals surface area contributed by atoms with Crippen LogP contribution in [-0.4, -0.2) is 60.0 Å². The first-order valence-electron chi connectivity index (χ1n) is 12.7. The molecule has 0 spiro atoms. The van der Waals surface area contributed by atoms with E-state index >= 15 is 4.39 Å². The number of nitrogens with one attached hydrogen (secondary N) is 1. The topological polar surface area (TPSA) is 81.8 Å². The lowest BCUT2D eigenvalue weighted by Gasteiger charge is -2.42. The molecule has 3 aromatic carbocycles. The number of aromatic amines is 1. The Morgan fingerprint density at radius 3 is 2.61 bits per heavy atom. The van der Waals surface area contributed by atoms with Gasteiger partial charge in [-0.3, -0.25) is 4.79 Å². The van der Waals surface area contributed by atoms with E-state index in [0.29, 0.717) is 16.9 Å². The van der Waals surface area contributed by atoms with Crippen LogP contribution in [0, 0.1) is 5.82 Å². The molecule has 194 valence electrons. The number of hydrogen-bond acceptors (Lipinski definition) is 6. The molecule has 2 saturated heterocycles. The zero-order chi connectivity index (χ0) is 26.2. The third kappa shape index (κ3) is 4.50. The Morgan fingerprint density at radius 1 is 1.05 bits per heavy atom. The smallest absolute Gasteiger partial charge is 0.339 e. The van der Waals surface area contributed by atoms with Crippen LogP contribution in [0.2, 0.25) is 0 Å². The van der Waals surface area contributed by atoms with Crippen molar-refractivity contribution in [2.45, 2.75) is 19.1 Å². The lowest BCUT2D eigenvalue weighted by atomic mass is 9.88. The van der Waals surface area contributed by atoms with Gasteiger partial charge in [-0.2, -0.15) is 0 Å². The Morgan fingerprint density at radius 2 is 1.84 bits per heavy atom. The number of β-lactam (4-membered cyclic amide) rings is 1. The first-order valence-corrected chi connectivity index (χ1v) is 12.7. The van der Waals surface area contributed by atoms with Crippen molar-refractivity contribution in [1.29, 1.82) is 0 Å². The Kier molecular flexibility index (Phi) is 6.29. The maximum atomic E-state index is 16.0. The first kappa shape index (κ1) is 24.1. The SMILES string of the molecule is CN1CCN(c2cc(F)c(C3CC(=O)N3c3ccc4[nH]cnc4c3)c(C(=O)OCc3ccccc3)c2)CC1. The van der Waals surface area contributed by atoms with Gasteiger partial charge in [0.05, 0.1) is 35.4 Å². The molecule has 4 aromatic rings. The number of esters is 1. The van der Waals surface area contributed by atoms with Crippen LogP contribution >= 0.6 is 0 Å². The largest absolute Gasteiger partial charge is 0.457 e. The van der Waals surface area contributed by atoms with Crippen LogP contribution in [0.4, 0.5) is 15.8 Å². The molecule has 0 radical (unpaired) electrons. The summed E-state index contributed by atoms with van der Waals surface area (Å²) in [4.78, 5) is 39.4. The number of benzene rings is 3. The number of carbonyl (C=O) groups excluding carboxylic acids is 2. The van der Waals surface area contributed by atoms with Crippen LogP contribution in [0.5, 0.6) is 0 Å². The van der Waals surface area contributed by atoms with Crippen molar-refractivity contribution < 1.29 is 18.7 Å². The molecular formula is C29H28FN5O3. The Balaban J connectivity index is 1.36. The van der Waals surface area contributed by atoms with Gasteiger partial charge in [0.25, 0.3) is 0 Å². The Labute approximate surface area is 219 Å². The summed E-state index contributed by atoms with van der Waals surface area (Å²) in [5, 5.41) is 0. The summed E-state index contributed by atoms with van der Waals surface area (Å²) in [6.45, 7) is 3.22. The fourth-order valence-electron chi connectivity index (χ4n) is 5.20. The van der Waals surface area contributed by atoms with Gasteiger partial charge in [0.2, 0.25) is 5.91 Å². The van der Waals surface area contributed by atoms with Crippen molar-refractivity contribution in [2.75, 3.05) is 43.0 Å². The summed E-state index contributed by atoms with van der Waals surface area (Å²) in [6.07, 6.45) is 1.68. The lowest BCUT2D eigenvalue weighted by Crippen LogP contribution is -2.48. The van der Waals surface area contributed by atoms with Crippen LogP contribution in [0.3, 0.4) is 0 Å². The van der Waals surface area contributed by atoms with Gasteiger partial charge < -0.3 is 24.4 Å². The van der Waals surface area contributed by atoms with E-state index in [1.165, 1.54) is 11.0 Å². The molecule has 2 fully saturated rings. The predicted molar refractivity (Wildman–Crippen MR) is 143 cm³/mol. The third-order valence-electron chi connectivity index (χ3n) is 7.38. The predicted octanol–water partition coefficient (Wildman–Crippen LogP) is 4.29. The second-order valence-electron chi connectivity index (χ2n) is 9.83. The van der Waals surface area contributed by atoms with Gasteiger partial charge in [-0.25, -0.2) is 14.2 Å². The highest BCUT2D eigenvalue weighted by Crippen LogP contribution is 2.43. The average molecular weight is 514 g/mol. The van der Waals surface area contributed by atoms with Crippen LogP contribution in [0.1, 0.15) is 33.9 Å². The van der Waals surface area contributed by atoms with Crippen LogP contribution in [0.15, 0.2) is 67.0 Å². The van der Waals surface area contributed by atoms with Crippen LogP contribution in [0.25, 0.3) is 11.0 Å². The molecule has 1 unspecified atom stereocenters. The number of nitrogens with zero attached hydrogens (tertiary/aromatic N) is 4. The highest BCUT2D eigenvalue weighted by molar-refractivity contribution is 6.04. The summed E-state index contributed by atoms with van der Waals surface area (Å²) in [6, 6.07) is 17.4. The van der Waals surface area contributed by atoms with Crippen molar-refractivity contribution in [2.24, 2.45) is 0 Å². The number of halogens is 1. The molecule has 9 heteroatoms. The van der Waals surface area contributed by atoms with Gasteiger partial charge in [0, 0.05) is 43.1 Å². The Hall–Kier alpha value is -4.24. The number of piperazine rings is 1. The van der Waals surface area contributed by atoms with Crippen molar-refractivity contribution >= 4 is 34.3 Å². The van der Waals surface area contributed by atoms with Crippen molar-refractivity contribution in [3.8, 4) is 0 Å². The number of aromatic nitrogens is 2. The van der Waals surface area contributed by atoms with Gasteiger partial charge in [0.15, 0.2) is 0 Å². The number of ether oxygens (including phenoxy) is 1. The molecule has 38 heavy (non-hydrogen) atoms. The van der Waals surface area contributed by atoms with Crippen molar-refractivity contribution in [3.05, 3.63) is 89.5 Å². The number of carbonyl (C=O) groups is 2. The number of imidazole rings is 1. The second-order valence-corrected chi connectivity index (χ2v) is 9.83. The number of likely N-dealkylation sites (N-methyl/N-ethyl adjacent to an activating group) is 1. The minimum Gasteiger partial charge on any atom is -0.457 e. The third-order valence-corrected chi connectivity index (χ3v) is 7.38. The summed E-state index contributed by atoms with van der Waals surface area (Å²) >= 11 is 0. The summed E-state index contributed by atoms with van der Waals surface area (Å²) in [7, 11) is 2.05. The fourth-order valence-corrected chi connectivity index (χ4v) is 5.20. The lowest BCUT2D eigenvalue weighted by molar-refractivity contribution is -0.124. The molecule has 2 aliphatic rings. The summed E-state index contributed by atoms with van der Waals surface area (Å²) < 4.78 is 21.6. The Bertz CT molecular complexity index is 1500. The number of fused-ring (bicyclic) bond motifs is 1. The molecule has 6 rings (SSSR count). The summed E-state index contributed by atoms with van der Waals surface area (Å²) in [5.41, 5.74) is 3.96. The zero-order valence-corrected chi connectivity index (χ0v) is 21.1. The number of rotatable bonds is 6. The van der Waals surface area contributed by atoms with E-state index in [4.69, 9.17) is 4.74 Å². The normalized spacial score (nSPS) is 18.1. The minimum absolute atomic E-state index is 0.0720. The maximum Gasteiger partial charge on any atom is 0.339 e. The van der Waals surface area contributed by atoms with Gasteiger partial charge in [-0.05, 0) is 42.9 Å². The highest BCUT2D eigenvalue weighted by atomic mass is 19.1. The van der Waals surface area contributed by atoms with Crippen LogP contribution < -0.4 is 9.80 Å². The molecule has 1 amide bonds. The van der Waals surface area contributed by atoms with E-state index in [1.807, 2.05) is 36.4 Å². The highest BCUT2D eigenvalue weighted by Gasteiger charge is 2.42. The van der Waals surface area contributed by atoms with E-state index in [1.54, 1.807) is 24.5 Å². The van der Waals surface area contributed by atoms with E-state index in [-0.39, 0.29) is 30.1 Å². The molecule has 0 saturated carbocycles. The number of anilines is 2. The summed E-state index contributed by atoms with van der Waals surface area (Å²) in [5.74, 6) is -1.27. The van der Waals surface area contributed by atoms with Crippen LogP contribution in [-0.2, 0) is 16.1 Å². The van der Waals surface area contributed by atoms with Gasteiger partial charge in [0.1, 0.15) is 12.4 Å². The van der Waals surface area contributed by atoms with Crippen molar-refractivity contribution in [3.63, 3.8) is 0 Å².